The average Bonchev–Trinajstić information content (AvgIpc) is 3.03. The van der Waals surface area contributed by atoms with Crippen molar-refractivity contribution in [3.05, 3.63) is 53.8 Å². The average molecular weight is 328 g/mol. The van der Waals surface area contributed by atoms with Crippen molar-refractivity contribution in [2.24, 2.45) is 5.92 Å². The van der Waals surface area contributed by atoms with Gasteiger partial charge in [0.15, 0.2) is 5.76 Å². The number of fused-ring (bicyclic) bond motifs is 1. The van der Waals surface area contributed by atoms with Crippen LogP contribution in [0.2, 0.25) is 0 Å². The van der Waals surface area contributed by atoms with Crippen molar-refractivity contribution in [3.63, 3.8) is 0 Å². The number of hydrogen-bond donors (Lipinski definition) is 2. The molecule has 0 aliphatic carbocycles. The van der Waals surface area contributed by atoms with Crippen molar-refractivity contribution in [2.45, 2.75) is 6.92 Å². The quantitative estimate of drug-likeness (QED) is 0.755. The molecule has 24 heavy (non-hydrogen) atoms. The highest BCUT2D eigenvalue weighted by Gasteiger charge is 2.14. The number of halogens is 1. The van der Waals surface area contributed by atoms with Crippen LogP contribution in [0.1, 0.15) is 17.3 Å². The normalized spacial score (nSPS) is 12.3. The van der Waals surface area contributed by atoms with Crippen molar-refractivity contribution >= 4 is 16.8 Å². The first-order valence-corrected chi connectivity index (χ1v) is 7.63. The van der Waals surface area contributed by atoms with Crippen molar-refractivity contribution < 1.29 is 18.8 Å². The molecule has 1 unspecified atom stereocenters. The molecule has 0 bridgehead atoms. The highest BCUT2D eigenvalue weighted by atomic mass is 19.1. The summed E-state index contributed by atoms with van der Waals surface area (Å²) in [4.78, 5) is 12.2. The molecule has 1 atom stereocenters. The molecule has 0 aliphatic rings. The van der Waals surface area contributed by atoms with Gasteiger partial charge in [-0.2, -0.15) is 0 Å². The topological polar surface area (TPSA) is 75.4 Å². The predicted octanol–water partition coefficient (Wildman–Crippen LogP) is 2.99. The Balaban J connectivity index is 1.91. The van der Waals surface area contributed by atoms with E-state index in [1.54, 1.807) is 30.3 Å². The van der Waals surface area contributed by atoms with E-state index < -0.39 is 0 Å². The molecule has 0 spiro atoms. The van der Waals surface area contributed by atoms with E-state index in [4.69, 9.17) is 9.63 Å². The largest absolute Gasteiger partial charge is 0.396 e. The number of nitrogens with zero attached hydrogens (tertiary/aromatic N) is 1. The zero-order valence-electron chi connectivity index (χ0n) is 13.1. The summed E-state index contributed by atoms with van der Waals surface area (Å²) in [6.07, 6.45) is 0. The Hall–Kier alpha value is -2.73. The van der Waals surface area contributed by atoms with Crippen LogP contribution in [-0.2, 0) is 0 Å². The zero-order valence-corrected chi connectivity index (χ0v) is 13.1. The van der Waals surface area contributed by atoms with Gasteiger partial charge >= 0.3 is 0 Å². The number of amides is 1. The van der Waals surface area contributed by atoms with Crippen LogP contribution in [0, 0.1) is 11.7 Å². The van der Waals surface area contributed by atoms with E-state index in [1.165, 1.54) is 12.1 Å². The SMILES string of the molecule is CC(CO)CNC(=O)c1ccc2noc(-c3ccc(F)cc3)c2c1. The van der Waals surface area contributed by atoms with Crippen molar-refractivity contribution in [1.29, 1.82) is 0 Å². The molecule has 6 heteroatoms. The van der Waals surface area contributed by atoms with E-state index >= 15 is 0 Å². The summed E-state index contributed by atoms with van der Waals surface area (Å²) in [5.41, 5.74) is 1.78. The molecular formula is C18H17FN2O3. The fraction of sp³-hybridized carbons (Fsp3) is 0.222. The Bertz CT molecular complexity index is 858. The van der Waals surface area contributed by atoms with Gasteiger partial charge in [0.05, 0.1) is 5.39 Å². The van der Waals surface area contributed by atoms with Crippen molar-refractivity contribution in [2.75, 3.05) is 13.2 Å². The fourth-order valence-corrected chi connectivity index (χ4v) is 2.33. The molecule has 1 amide bonds. The van der Waals surface area contributed by atoms with Gasteiger partial charge in [-0.3, -0.25) is 4.79 Å². The summed E-state index contributed by atoms with van der Waals surface area (Å²) < 4.78 is 18.4. The van der Waals surface area contributed by atoms with Crippen LogP contribution in [0.3, 0.4) is 0 Å². The third-order valence-corrected chi connectivity index (χ3v) is 3.77. The van der Waals surface area contributed by atoms with Crippen LogP contribution >= 0.6 is 0 Å². The van der Waals surface area contributed by atoms with E-state index in [0.29, 0.717) is 34.3 Å². The van der Waals surface area contributed by atoms with Gasteiger partial charge in [0.1, 0.15) is 11.3 Å². The standard InChI is InChI=1S/C18H17FN2O3/c1-11(10-22)9-20-18(23)13-4-7-16-15(8-13)17(24-21-16)12-2-5-14(19)6-3-12/h2-8,11,22H,9-10H2,1H3,(H,20,23). The number of aromatic nitrogens is 1. The van der Waals surface area contributed by atoms with Crippen LogP contribution in [0.25, 0.3) is 22.2 Å². The van der Waals surface area contributed by atoms with E-state index in [9.17, 15) is 9.18 Å². The molecular weight excluding hydrogens is 311 g/mol. The van der Waals surface area contributed by atoms with Crippen LogP contribution in [-0.4, -0.2) is 29.3 Å². The summed E-state index contributed by atoms with van der Waals surface area (Å²) >= 11 is 0. The molecule has 5 nitrogen and oxygen atoms in total. The first-order chi connectivity index (χ1) is 11.6. The number of aliphatic hydroxyl groups excluding tert-OH is 1. The maximum atomic E-state index is 13.1. The van der Waals surface area contributed by atoms with E-state index in [0.717, 1.165) is 0 Å². The summed E-state index contributed by atoms with van der Waals surface area (Å²) in [6, 6.07) is 11.0. The van der Waals surface area contributed by atoms with Crippen molar-refractivity contribution in [3.8, 4) is 11.3 Å². The van der Waals surface area contributed by atoms with Crippen LogP contribution < -0.4 is 5.32 Å². The third kappa shape index (κ3) is 3.28. The highest BCUT2D eigenvalue weighted by molar-refractivity contribution is 6.00. The molecule has 0 saturated heterocycles. The minimum atomic E-state index is -0.333. The number of nitrogens with one attached hydrogen (secondary N) is 1. The number of carbonyl (C=O) groups excluding carboxylic acids is 1. The molecule has 2 N–H and O–H groups in total. The van der Waals surface area contributed by atoms with Crippen LogP contribution in [0.5, 0.6) is 0 Å². The summed E-state index contributed by atoms with van der Waals surface area (Å²) in [5, 5.41) is 16.4. The predicted molar refractivity (Wildman–Crippen MR) is 88.0 cm³/mol. The number of rotatable bonds is 5. The van der Waals surface area contributed by atoms with Gasteiger partial charge in [-0.05, 0) is 48.4 Å². The van der Waals surface area contributed by atoms with Crippen LogP contribution in [0.4, 0.5) is 4.39 Å². The third-order valence-electron chi connectivity index (χ3n) is 3.77. The Kier molecular flexibility index (Phi) is 4.57. The maximum absolute atomic E-state index is 13.1. The van der Waals surface area contributed by atoms with Gasteiger partial charge in [-0.25, -0.2) is 4.39 Å². The van der Waals surface area contributed by atoms with E-state index in [1.807, 2.05) is 6.92 Å². The maximum Gasteiger partial charge on any atom is 0.251 e. The smallest absolute Gasteiger partial charge is 0.251 e. The minimum Gasteiger partial charge on any atom is -0.396 e. The molecule has 3 rings (SSSR count). The molecule has 2 aromatic carbocycles. The number of benzene rings is 2. The Labute approximate surface area is 138 Å². The number of hydrogen-bond acceptors (Lipinski definition) is 4. The molecule has 1 aromatic heterocycles. The molecule has 0 fully saturated rings. The lowest BCUT2D eigenvalue weighted by Crippen LogP contribution is -2.29. The second-order valence-electron chi connectivity index (χ2n) is 5.75. The van der Waals surface area contributed by atoms with Crippen molar-refractivity contribution in [1.82, 2.24) is 10.5 Å². The Morgan fingerprint density at radius 3 is 2.75 bits per heavy atom. The lowest BCUT2D eigenvalue weighted by molar-refractivity contribution is 0.0942. The Morgan fingerprint density at radius 1 is 1.29 bits per heavy atom. The monoisotopic (exact) mass is 328 g/mol. The number of carbonyl (C=O) groups is 1. The Morgan fingerprint density at radius 2 is 2.04 bits per heavy atom. The molecule has 1 heterocycles. The van der Waals surface area contributed by atoms with Gasteiger partial charge in [-0.1, -0.05) is 12.1 Å². The summed E-state index contributed by atoms with van der Waals surface area (Å²) in [6.45, 7) is 2.25. The highest BCUT2D eigenvalue weighted by Crippen LogP contribution is 2.29. The first-order valence-electron chi connectivity index (χ1n) is 7.63. The first kappa shape index (κ1) is 16.1. The zero-order chi connectivity index (χ0) is 17.1. The van der Waals surface area contributed by atoms with Gasteiger partial charge in [0, 0.05) is 24.3 Å². The van der Waals surface area contributed by atoms with Gasteiger partial charge in [0.2, 0.25) is 0 Å². The van der Waals surface area contributed by atoms with Crippen LogP contribution in [0.15, 0.2) is 47.0 Å². The minimum absolute atomic E-state index is 0.0111. The molecule has 3 aromatic rings. The molecule has 0 saturated carbocycles. The molecule has 0 radical (unpaired) electrons. The second-order valence-corrected chi connectivity index (χ2v) is 5.75. The van der Waals surface area contributed by atoms with Gasteiger partial charge in [-0.15, -0.1) is 0 Å². The fourth-order valence-electron chi connectivity index (χ4n) is 2.33. The summed E-state index contributed by atoms with van der Waals surface area (Å²) in [7, 11) is 0. The molecule has 0 aliphatic heterocycles. The van der Waals surface area contributed by atoms with E-state index in [2.05, 4.69) is 10.5 Å². The van der Waals surface area contributed by atoms with Gasteiger partial charge < -0.3 is 14.9 Å². The lowest BCUT2D eigenvalue weighted by Gasteiger charge is -2.09. The number of aliphatic hydroxyl groups is 1. The van der Waals surface area contributed by atoms with Gasteiger partial charge in [0.25, 0.3) is 5.91 Å². The lowest BCUT2D eigenvalue weighted by atomic mass is 10.1. The molecule has 124 valence electrons. The second kappa shape index (κ2) is 6.80. The summed E-state index contributed by atoms with van der Waals surface area (Å²) in [5.74, 6) is -0.0875. The van der Waals surface area contributed by atoms with E-state index in [-0.39, 0.29) is 24.2 Å².